The van der Waals surface area contributed by atoms with Crippen molar-refractivity contribution in [1.82, 2.24) is 20.1 Å². The molecule has 0 spiro atoms. The maximum Gasteiger partial charge on any atom is 0.227 e. The molecule has 78 valence electrons. The summed E-state index contributed by atoms with van der Waals surface area (Å²) in [4.78, 5) is 2.12. The van der Waals surface area contributed by atoms with Crippen molar-refractivity contribution in [3.05, 3.63) is 0 Å². The molecule has 0 aromatic carbocycles. The van der Waals surface area contributed by atoms with Gasteiger partial charge in [0.15, 0.2) is 0 Å². The second kappa shape index (κ2) is 4.65. The van der Waals surface area contributed by atoms with Crippen LogP contribution in [0.1, 0.15) is 19.3 Å². The average molecular weight is 213 g/mol. The Kier molecular flexibility index (Phi) is 3.26. The fraction of sp³-hybridized carbons (Fsp3) is 0.875. The summed E-state index contributed by atoms with van der Waals surface area (Å²) in [5, 5.41) is 11.9. The van der Waals surface area contributed by atoms with Gasteiger partial charge in [-0.15, -0.1) is 0 Å². The van der Waals surface area contributed by atoms with Crippen LogP contribution in [-0.2, 0) is 0 Å². The van der Waals surface area contributed by atoms with Crippen molar-refractivity contribution in [1.29, 1.82) is 0 Å². The first kappa shape index (κ1) is 9.79. The van der Waals surface area contributed by atoms with E-state index < -0.39 is 0 Å². The van der Waals surface area contributed by atoms with Crippen LogP contribution in [0.5, 0.6) is 0 Å². The molecule has 1 atom stereocenters. The Morgan fingerprint density at radius 2 is 2.57 bits per heavy atom. The highest BCUT2D eigenvalue weighted by Crippen LogP contribution is 2.14. The Balaban J connectivity index is 1.74. The van der Waals surface area contributed by atoms with E-state index in [1.807, 2.05) is 7.05 Å². The fourth-order valence-corrected chi connectivity index (χ4v) is 2.17. The molecular formula is C8H15N5S. The van der Waals surface area contributed by atoms with Crippen molar-refractivity contribution >= 4 is 16.7 Å². The molecule has 1 saturated heterocycles. The molecule has 0 amide bonds. The fourth-order valence-electron chi connectivity index (χ4n) is 1.72. The molecule has 6 heteroatoms. The van der Waals surface area contributed by atoms with Crippen molar-refractivity contribution in [2.45, 2.75) is 25.3 Å². The summed E-state index contributed by atoms with van der Waals surface area (Å²) < 4.78 is 3.75. The van der Waals surface area contributed by atoms with Crippen LogP contribution in [0.15, 0.2) is 0 Å². The molecule has 0 saturated carbocycles. The Bertz CT molecular complexity index is 257. The Morgan fingerprint density at radius 3 is 3.21 bits per heavy atom. The van der Waals surface area contributed by atoms with Crippen LogP contribution in [0, 0.1) is 0 Å². The minimum absolute atomic E-state index is 0.693. The highest BCUT2D eigenvalue weighted by atomic mass is 32.1. The Hall–Kier alpha value is -0.750. The van der Waals surface area contributed by atoms with Gasteiger partial charge in [0.25, 0.3) is 0 Å². The van der Waals surface area contributed by atoms with Crippen molar-refractivity contribution in [2.75, 3.05) is 25.0 Å². The highest BCUT2D eigenvalue weighted by molar-refractivity contribution is 7.09. The van der Waals surface area contributed by atoms with Gasteiger partial charge in [-0.05, 0) is 31.0 Å². The van der Waals surface area contributed by atoms with Gasteiger partial charge < -0.3 is 10.2 Å². The van der Waals surface area contributed by atoms with Gasteiger partial charge in [-0.2, -0.15) is 0 Å². The van der Waals surface area contributed by atoms with Gasteiger partial charge in [-0.25, -0.2) is 0 Å². The number of nitrogens with zero attached hydrogens (tertiary/aromatic N) is 4. The van der Waals surface area contributed by atoms with E-state index in [1.165, 1.54) is 37.3 Å². The maximum atomic E-state index is 3.92. The summed E-state index contributed by atoms with van der Waals surface area (Å²) in [5.74, 6) is 0. The van der Waals surface area contributed by atoms with Gasteiger partial charge in [0.05, 0.1) is 0 Å². The zero-order valence-corrected chi connectivity index (χ0v) is 9.13. The molecule has 0 bridgehead atoms. The van der Waals surface area contributed by atoms with E-state index in [0.717, 1.165) is 11.7 Å². The molecule has 1 aliphatic heterocycles. The van der Waals surface area contributed by atoms with Gasteiger partial charge in [0.2, 0.25) is 5.13 Å². The molecule has 1 unspecified atom stereocenters. The summed E-state index contributed by atoms with van der Waals surface area (Å²) in [5.41, 5.74) is 0. The van der Waals surface area contributed by atoms with Crippen LogP contribution in [0.25, 0.3) is 0 Å². The Labute approximate surface area is 87.7 Å². The number of anilines is 1. The van der Waals surface area contributed by atoms with Crippen LogP contribution in [0.2, 0.25) is 0 Å². The second-order valence-corrected chi connectivity index (χ2v) is 4.36. The SMILES string of the molecule is CN(CCC1CCCN1)c1nnns1. The summed E-state index contributed by atoms with van der Waals surface area (Å²) >= 11 is 1.35. The van der Waals surface area contributed by atoms with Crippen LogP contribution < -0.4 is 10.2 Å². The van der Waals surface area contributed by atoms with Gasteiger partial charge >= 0.3 is 0 Å². The van der Waals surface area contributed by atoms with E-state index in [9.17, 15) is 0 Å². The predicted octanol–water partition coefficient (Wildman–Crippen LogP) is 0.511. The second-order valence-electron chi connectivity index (χ2n) is 3.65. The molecule has 1 aromatic rings. The first-order valence-electron chi connectivity index (χ1n) is 4.96. The standard InChI is InChI=1S/C8H15N5S/c1-13(8-10-11-12-14-8)6-4-7-3-2-5-9-7/h7,9H,2-6H2,1H3. The number of aromatic nitrogens is 3. The van der Waals surface area contributed by atoms with Crippen LogP contribution in [0.4, 0.5) is 5.13 Å². The van der Waals surface area contributed by atoms with Gasteiger partial charge in [-0.1, -0.05) is 9.59 Å². The maximum absolute atomic E-state index is 3.92. The van der Waals surface area contributed by atoms with Gasteiger partial charge in [0.1, 0.15) is 0 Å². The third-order valence-electron chi connectivity index (χ3n) is 2.59. The molecule has 2 rings (SSSR count). The minimum Gasteiger partial charge on any atom is -0.348 e. The quantitative estimate of drug-likeness (QED) is 0.790. The molecule has 0 radical (unpaired) electrons. The smallest absolute Gasteiger partial charge is 0.227 e. The lowest BCUT2D eigenvalue weighted by molar-refractivity contribution is 0.558. The van der Waals surface area contributed by atoms with Crippen LogP contribution in [-0.4, -0.2) is 41.0 Å². The molecule has 1 aliphatic rings. The Morgan fingerprint density at radius 1 is 1.64 bits per heavy atom. The topological polar surface area (TPSA) is 53.9 Å². The van der Waals surface area contributed by atoms with E-state index in [1.54, 1.807) is 0 Å². The largest absolute Gasteiger partial charge is 0.348 e. The normalized spacial score (nSPS) is 21.4. The average Bonchev–Trinajstić information content (AvgIpc) is 2.87. The van der Waals surface area contributed by atoms with Crippen molar-refractivity contribution in [3.8, 4) is 0 Å². The highest BCUT2D eigenvalue weighted by Gasteiger charge is 2.15. The molecular weight excluding hydrogens is 198 g/mol. The van der Waals surface area contributed by atoms with E-state index in [2.05, 4.69) is 25.0 Å². The summed E-state index contributed by atoms with van der Waals surface area (Å²) in [6, 6.07) is 0.693. The summed E-state index contributed by atoms with van der Waals surface area (Å²) in [6.07, 6.45) is 3.80. The van der Waals surface area contributed by atoms with Crippen molar-refractivity contribution in [2.24, 2.45) is 0 Å². The van der Waals surface area contributed by atoms with Crippen molar-refractivity contribution in [3.63, 3.8) is 0 Å². The van der Waals surface area contributed by atoms with Gasteiger partial charge in [-0.3, -0.25) is 0 Å². The molecule has 14 heavy (non-hydrogen) atoms. The van der Waals surface area contributed by atoms with Crippen LogP contribution in [0.3, 0.4) is 0 Å². The lowest BCUT2D eigenvalue weighted by atomic mass is 10.1. The lowest BCUT2D eigenvalue weighted by Gasteiger charge is -2.17. The van der Waals surface area contributed by atoms with E-state index in [0.29, 0.717) is 6.04 Å². The monoisotopic (exact) mass is 213 g/mol. The number of rotatable bonds is 4. The van der Waals surface area contributed by atoms with E-state index in [-0.39, 0.29) is 0 Å². The third kappa shape index (κ3) is 2.39. The summed E-state index contributed by atoms with van der Waals surface area (Å²) in [6.45, 7) is 2.20. The molecule has 5 nitrogen and oxygen atoms in total. The third-order valence-corrected chi connectivity index (χ3v) is 3.30. The van der Waals surface area contributed by atoms with Crippen LogP contribution >= 0.6 is 11.5 Å². The van der Waals surface area contributed by atoms with Gasteiger partial charge in [0, 0.05) is 31.2 Å². The van der Waals surface area contributed by atoms with Crippen molar-refractivity contribution < 1.29 is 0 Å². The molecule has 1 fully saturated rings. The number of hydrogen-bond acceptors (Lipinski definition) is 6. The molecule has 0 aliphatic carbocycles. The predicted molar refractivity (Wildman–Crippen MR) is 56.6 cm³/mol. The number of nitrogens with one attached hydrogen (secondary N) is 1. The molecule has 2 heterocycles. The first-order valence-corrected chi connectivity index (χ1v) is 5.73. The lowest BCUT2D eigenvalue weighted by Crippen LogP contribution is -2.28. The zero-order chi connectivity index (χ0) is 9.80. The number of hydrogen-bond donors (Lipinski definition) is 1. The zero-order valence-electron chi connectivity index (χ0n) is 8.31. The first-order chi connectivity index (χ1) is 6.86. The molecule has 1 aromatic heterocycles. The molecule has 1 N–H and O–H groups in total. The summed E-state index contributed by atoms with van der Waals surface area (Å²) in [7, 11) is 2.04. The van der Waals surface area contributed by atoms with E-state index >= 15 is 0 Å². The van der Waals surface area contributed by atoms with E-state index in [4.69, 9.17) is 0 Å². The minimum atomic E-state index is 0.693.